The maximum atomic E-state index is 12.9. The minimum Gasteiger partial charge on any atom is -0.618 e. The zero-order valence-electron chi connectivity index (χ0n) is 16.4. The van der Waals surface area contributed by atoms with Crippen molar-refractivity contribution in [1.29, 1.82) is 0 Å². The molecule has 2 aromatic carbocycles. The van der Waals surface area contributed by atoms with Gasteiger partial charge in [-0.1, -0.05) is 23.7 Å². The van der Waals surface area contributed by atoms with Gasteiger partial charge in [0.1, 0.15) is 17.9 Å². The number of carbonyl (C=O) groups excluding carboxylic acids is 2. The van der Waals surface area contributed by atoms with E-state index in [1.54, 1.807) is 37.3 Å². The predicted molar refractivity (Wildman–Crippen MR) is 108 cm³/mol. The molecule has 0 N–H and O–H groups in total. The summed E-state index contributed by atoms with van der Waals surface area (Å²) < 4.78 is 16.1. The maximum absolute atomic E-state index is 12.9. The molecule has 0 amide bonds. The van der Waals surface area contributed by atoms with Crippen LogP contribution in [0.25, 0.3) is 11.0 Å². The normalized spacial score (nSPS) is 10.6. The second-order valence-corrected chi connectivity index (χ2v) is 6.47. The van der Waals surface area contributed by atoms with Crippen LogP contribution in [0.4, 0.5) is 0 Å². The maximum Gasteiger partial charge on any atom is 0.407 e. The first-order valence-corrected chi connectivity index (χ1v) is 9.61. The number of carbonyl (C=O) groups is 2. The summed E-state index contributed by atoms with van der Waals surface area (Å²) in [7, 11) is 0. The number of rotatable bonds is 7. The van der Waals surface area contributed by atoms with Gasteiger partial charge >= 0.3 is 17.6 Å². The van der Waals surface area contributed by atoms with Gasteiger partial charge in [0.15, 0.2) is 5.69 Å². The molecular formula is C21H19ClN2O6. The molecule has 0 radical (unpaired) electrons. The monoisotopic (exact) mass is 430 g/mol. The minimum atomic E-state index is -0.868. The highest BCUT2D eigenvalue weighted by molar-refractivity contribution is 6.33. The molecule has 0 atom stereocenters. The SMILES string of the molecule is CCOC(=O)c1c(COC(=O)c2ccccc2Cl)nc2ccc(OCC)cc2[n+]1[O-]. The van der Waals surface area contributed by atoms with Gasteiger partial charge in [0.25, 0.3) is 0 Å². The van der Waals surface area contributed by atoms with Crippen molar-refractivity contribution in [3.05, 3.63) is 69.6 Å². The molecular weight excluding hydrogens is 412 g/mol. The summed E-state index contributed by atoms with van der Waals surface area (Å²) in [4.78, 5) is 29.1. The summed E-state index contributed by atoms with van der Waals surface area (Å²) >= 11 is 6.01. The summed E-state index contributed by atoms with van der Waals surface area (Å²) in [6.07, 6.45) is 0. The highest BCUT2D eigenvalue weighted by atomic mass is 35.5. The molecule has 0 aliphatic rings. The van der Waals surface area contributed by atoms with Gasteiger partial charge in [-0.15, -0.1) is 0 Å². The molecule has 9 heteroatoms. The van der Waals surface area contributed by atoms with Crippen LogP contribution in [0, 0.1) is 5.21 Å². The van der Waals surface area contributed by atoms with E-state index in [2.05, 4.69) is 4.98 Å². The third-order valence-electron chi connectivity index (χ3n) is 4.11. The Hall–Kier alpha value is -3.39. The largest absolute Gasteiger partial charge is 0.618 e. The molecule has 3 rings (SSSR count). The van der Waals surface area contributed by atoms with E-state index in [1.165, 1.54) is 12.1 Å². The lowest BCUT2D eigenvalue weighted by molar-refractivity contribution is -0.581. The fourth-order valence-electron chi connectivity index (χ4n) is 2.79. The average molecular weight is 431 g/mol. The summed E-state index contributed by atoms with van der Waals surface area (Å²) in [6.45, 7) is 3.50. The van der Waals surface area contributed by atoms with Crippen molar-refractivity contribution < 1.29 is 28.5 Å². The first-order valence-electron chi connectivity index (χ1n) is 9.24. The van der Waals surface area contributed by atoms with Crippen molar-refractivity contribution in [2.75, 3.05) is 13.2 Å². The van der Waals surface area contributed by atoms with Gasteiger partial charge in [-0.2, -0.15) is 4.73 Å². The first-order chi connectivity index (χ1) is 14.5. The van der Waals surface area contributed by atoms with Crippen LogP contribution in [-0.4, -0.2) is 30.1 Å². The third kappa shape index (κ3) is 4.44. The Balaban J connectivity index is 2.00. The smallest absolute Gasteiger partial charge is 0.407 e. The van der Waals surface area contributed by atoms with E-state index in [0.29, 0.717) is 22.6 Å². The zero-order chi connectivity index (χ0) is 21.7. The van der Waals surface area contributed by atoms with Crippen molar-refractivity contribution in [3.63, 3.8) is 0 Å². The molecule has 1 aromatic heterocycles. The van der Waals surface area contributed by atoms with E-state index < -0.39 is 18.5 Å². The van der Waals surface area contributed by atoms with Crippen molar-refractivity contribution in [2.24, 2.45) is 0 Å². The molecule has 0 fully saturated rings. The average Bonchev–Trinajstić information content (AvgIpc) is 2.73. The zero-order valence-corrected chi connectivity index (χ0v) is 17.1. The fraction of sp³-hybridized carbons (Fsp3) is 0.238. The van der Waals surface area contributed by atoms with Crippen LogP contribution in [-0.2, 0) is 16.1 Å². The Bertz CT molecular complexity index is 1100. The van der Waals surface area contributed by atoms with Crippen LogP contribution in [0.1, 0.15) is 40.4 Å². The van der Waals surface area contributed by atoms with Crippen LogP contribution >= 0.6 is 11.6 Å². The van der Waals surface area contributed by atoms with Crippen LogP contribution in [0.2, 0.25) is 5.02 Å². The van der Waals surface area contributed by atoms with Crippen molar-refractivity contribution in [2.45, 2.75) is 20.5 Å². The van der Waals surface area contributed by atoms with Crippen LogP contribution in [0.15, 0.2) is 42.5 Å². The van der Waals surface area contributed by atoms with Crippen molar-refractivity contribution >= 4 is 34.6 Å². The van der Waals surface area contributed by atoms with E-state index in [4.69, 9.17) is 25.8 Å². The van der Waals surface area contributed by atoms with Crippen LogP contribution in [0.3, 0.4) is 0 Å². The van der Waals surface area contributed by atoms with Crippen LogP contribution in [0.5, 0.6) is 5.75 Å². The minimum absolute atomic E-state index is 0.0273. The first kappa shape index (κ1) is 21.3. The van der Waals surface area contributed by atoms with Gasteiger partial charge in [-0.3, -0.25) is 0 Å². The van der Waals surface area contributed by atoms with E-state index in [1.807, 2.05) is 6.92 Å². The topological polar surface area (TPSA) is 102 Å². The number of nitrogens with zero attached hydrogens (tertiary/aromatic N) is 2. The van der Waals surface area contributed by atoms with E-state index in [-0.39, 0.29) is 34.1 Å². The molecule has 0 aliphatic heterocycles. The van der Waals surface area contributed by atoms with Gasteiger partial charge < -0.3 is 19.4 Å². The third-order valence-corrected chi connectivity index (χ3v) is 4.44. The highest BCUT2D eigenvalue weighted by Gasteiger charge is 2.29. The second kappa shape index (κ2) is 9.41. The fourth-order valence-corrected chi connectivity index (χ4v) is 3.01. The van der Waals surface area contributed by atoms with Gasteiger partial charge in [0, 0.05) is 0 Å². The van der Waals surface area contributed by atoms with Gasteiger partial charge in [0.2, 0.25) is 5.52 Å². The molecule has 30 heavy (non-hydrogen) atoms. The van der Waals surface area contributed by atoms with E-state index in [9.17, 15) is 14.8 Å². The Morgan fingerprint density at radius 2 is 1.83 bits per heavy atom. The number of esters is 2. The quantitative estimate of drug-likeness (QED) is 0.321. The predicted octanol–water partition coefficient (Wildman–Crippen LogP) is 3.45. The standard InChI is InChI=1S/C21H19ClN2O6/c1-3-28-13-9-10-16-18(11-13)24(27)19(21(26)29-4-2)17(23-16)12-30-20(25)14-7-5-6-8-15(14)22/h5-11H,3-4,12H2,1-2H3. The Kier molecular flexibility index (Phi) is 6.68. The Morgan fingerprint density at radius 3 is 2.53 bits per heavy atom. The van der Waals surface area contributed by atoms with Gasteiger partial charge in [-0.25, -0.2) is 14.6 Å². The molecule has 0 saturated heterocycles. The van der Waals surface area contributed by atoms with E-state index >= 15 is 0 Å². The summed E-state index contributed by atoms with van der Waals surface area (Å²) in [6, 6.07) is 11.1. The molecule has 0 unspecified atom stereocenters. The lowest BCUT2D eigenvalue weighted by Crippen LogP contribution is -2.39. The molecule has 3 aromatic rings. The van der Waals surface area contributed by atoms with Crippen LogP contribution < -0.4 is 9.47 Å². The summed E-state index contributed by atoms with van der Waals surface area (Å²) in [5.74, 6) is -1.11. The molecule has 156 valence electrons. The van der Waals surface area contributed by atoms with Gasteiger partial charge in [0.05, 0.1) is 29.9 Å². The Morgan fingerprint density at radius 1 is 1.07 bits per heavy atom. The summed E-state index contributed by atoms with van der Waals surface area (Å²) in [5.41, 5.74) is 0.218. The van der Waals surface area contributed by atoms with Gasteiger partial charge in [-0.05, 0) is 38.1 Å². The molecule has 0 spiro atoms. The van der Waals surface area contributed by atoms with E-state index in [0.717, 1.165) is 0 Å². The molecule has 1 heterocycles. The number of fused-ring (bicyclic) bond motifs is 1. The molecule has 0 bridgehead atoms. The Labute approximate surface area is 177 Å². The molecule has 0 saturated carbocycles. The lowest BCUT2D eigenvalue weighted by Gasteiger charge is -2.12. The number of hydrogen-bond donors (Lipinski definition) is 0. The second-order valence-electron chi connectivity index (χ2n) is 6.06. The number of aromatic nitrogens is 2. The number of benzene rings is 2. The van der Waals surface area contributed by atoms with Crippen molar-refractivity contribution in [3.8, 4) is 5.75 Å². The molecule has 8 nitrogen and oxygen atoms in total. The number of halogens is 1. The van der Waals surface area contributed by atoms with Crippen molar-refractivity contribution in [1.82, 2.24) is 4.98 Å². The lowest BCUT2D eigenvalue weighted by atomic mass is 10.2. The summed E-state index contributed by atoms with van der Waals surface area (Å²) in [5, 5.41) is 13.2. The highest BCUT2D eigenvalue weighted by Crippen LogP contribution is 2.21. The number of hydrogen-bond acceptors (Lipinski definition) is 7. The molecule has 0 aliphatic carbocycles. The number of ether oxygens (including phenoxy) is 3.